The molecular formula is C14H12N4O2. The lowest BCUT2D eigenvalue weighted by molar-refractivity contribution is -0.139. The SMILES string of the molecule is N#CCNC(=O)C(=O)NCc1cccc2cccnc12. The Labute approximate surface area is 115 Å². The predicted octanol–water partition coefficient (Wildman–Crippen LogP) is 0.491. The second-order valence-corrected chi connectivity index (χ2v) is 4.02. The van der Waals surface area contributed by atoms with E-state index in [4.69, 9.17) is 5.26 Å². The Morgan fingerprint density at radius 1 is 1.15 bits per heavy atom. The maximum Gasteiger partial charge on any atom is 0.310 e. The molecule has 1 aromatic carbocycles. The van der Waals surface area contributed by atoms with E-state index < -0.39 is 11.8 Å². The maximum absolute atomic E-state index is 11.5. The molecule has 0 saturated heterocycles. The second kappa shape index (κ2) is 6.29. The number of hydrogen-bond acceptors (Lipinski definition) is 4. The Balaban J connectivity index is 2.05. The Bertz CT molecular complexity index is 686. The number of para-hydroxylation sites is 1. The van der Waals surface area contributed by atoms with Crippen molar-refractivity contribution in [3.8, 4) is 6.07 Å². The molecule has 0 saturated carbocycles. The average Bonchev–Trinajstić information content (AvgIpc) is 2.50. The fourth-order valence-electron chi connectivity index (χ4n) is 1.77. The molecular weight excluding hydrogens is 256 g/mol. The number of nitrogens with zero attached hydrogens (tertiary/aromatic N) is 2. The van der Waals surface area contributed by atoms with Crippen molar-refractivity contribution in [2.45, 2.75) is 6.54 Å². The molecule has 2 amide bonds. The van der Waals surface area contributed by atoms with Crippen LogP contribution in [0.1, 0.15) is 5.56 Å². The van der Waals surface area contributed by atoms with Crippen molar-refractivity contribution in [2.75, 3.05) is 6.54 Å². The molecule has 0 fully saturated rings. The molecule has 0 aliphatic heterocycles. The highest BCUT2D eigenvalue weighted by atomic mass is 16.2. The van der Waals surface area contributed by atoms with Crippen molar-refractivity contribution in [1.82, 2.24) is 15.6 Å². The lowest BCUT2D eigenvalue weighted by Crippen LogP contribution is -2.39. The van der Waals surface area contributed by atoms with Gasteiger partial charge in [0.05, 0.1) is 11.6 Å². The topological polar surface area (TPSA) is 94.9 Å². The summed E-state index contributed by atoms with van der Waals surface area (Å²) in [6, 6.07) is 11.1. The third-order valence-corrected chi connectivity index (χ3v) is 2.69. The first-order chi connectivity index (χ1) is 9.72. The van der Waals surface area contributed by atoms with Crippen LogP contribution in [0.15, 0.2) is 36.5 Å². The summed E-state index contributed by atoms with van der Waals surface area (Å²) in [6.45, 7) is 0.00916. The van der Waals surface area contributed by atoms with Gasteiger partial charge in [0.25, 0.3) is 0 Å². The van der Waals surface area contributed by atoms with Crippen LogP contribution in [0, 0.1) is 11.3 Å². The quantitative estimate of drug-likeness (QED) is 0.625. The summed E-state index contributed by atoms with van der Waals surface area (Å²) in [5.41, 5.74) is 1.61. The molecule has 2 N–H and O–H groups in total. The molecule has 2 rings (SSSR count). The Kier molecular flexibility index (Phi) is 4.24. The lowest BCUT2D eigenvalue weighted by Gasteiger charge is -2.07. The predicted molar refractivity (Wildman–Crippen MR) is 72.2 cm³/mol. The van der Waals surface area contributed by atoms with Crippen molar-refractivity contribution in [1.29, 1.82) is 5.26 Å². The first kappa shape index (κ1) is 13.5. The average molecular weight is 268 g/mol. The van der Waals surface area contributed by atoms with Crippen LogP contribution >= 0.6 is 0 Å². The summed E-state index contributed by atoms with van der Waals surface area (Å²) in [5, 5.41) is 14.0. The highest BCUT2D eigenvalue weighted by Gasteiger charge is 2.12. The van der Waals surface area contributed by atoms with Gasteiger partial charge in [-0.25, -0.2) is 0 Å². The minimum atomic E-state index is -0.820. The highest BCUT2D eigenvalue weighted by molar-refractivity contribution is 6.35. The monoisotopic (exact) mass is 268 g/mol. The van der Waals surface area contributed by atoms with Crippen molar-refractivity contribution in [3.05, 3.63) is 42.1 Å². The van der Waals surface area contributed by atoms with Crippen molar-refractivity contribution >= 4 is 22.7 Å². The molecule has 1 aromatic heterocycles. The van der Waals surface area contributed by atoms with Crippen molar-refractivity contribution < 1.29 is 9.59 Å². The largest absolute Gasteiger partial charge is 0.344 e. The van der Waals surface area contributed by atoms with E-state index in [2.05, 4.69) is 15.6 Å². The molecule has 0 aliphatic rings. The number of amides is 2. The minimum Gasteiger partial charge on any atom is -0.344 e. The van der Waals surface area contributed by atoms with Gasteiger partial charge in [0, 0.05) is 18.1 Å². The van der Waals surface area contributed by atoms with E-state index in [0.29, 0.717) is 0 Å². The normalized spacial score (nSPS) is 9.75. The number of pyridine rings is 1. The number of hydrogen-bond donors (Lipinski definition) is 2. The van der Waals surface area contributed by atoms with Crippen LogP contribution in [-0.2, 0) is 16.1 Å². The molecule has 0 aliphatic carbocycles. The minimum absolute atomic E-state index is 0.192. The van der Waals surface area contributed by atoms with Gasteiger partial charge in [-0.1, -0.05) is 24.3 Å². The number of aromatic nitrogens is 1. The van der Waals surface area contributed by atoms with Gasteiger partial charge in [0.15, 0.2) is 0 Å². The number of carbonyl (C=O) groups is 2. The van der Waals surface area contributed by atoms with Crippen LogP contribution in [0.4, 0.5) is 0 Å². The first-order valence-electron chi connectivity index (χ1n) is 5.98. The second-order valence-electron chi connectivity index (χ2n) is 4.02. The van der Waals surface area contributed by atoms with Gasteiger partial charge < -0.3 is 10.6 Å². The van der Waals surface area contributed by atoms with Gasteiger partial charge in [0.2, 0.25) is 0 Å². The Hall–Kier alpha value is -2.94. The third-order valence-electron chi connectivity index (χ3n) is 2.69. The molecule has 20 heavy (non-hydrogen) atoms. The van der Waals surface area contributed by atoms with Crippen LogP contribution in [0.3, 0.4) is 0 Å². The van der Waals surface area contributed by atoms with Gasteiger partial charge >= 0.3 is 11.8 Å². The number of rotatable bonds is 3. The number of nitrogens with one attached hydrogen (secondary N) is 2. The summed E-state index contributed by atoms with van der Waals surface area (Å²) in [6.07, 6.45) is 1.67. The fourth-order valence-corrected chi connectivity index (χ4v) is 1.77. The van der Waals surface area contributed by atoms with Crippen LogP contribution in [0.25, 0.3) is 10.9 Å². The van der Waals surface area contributed by atoms with Crippen molar-refractivity contribution in [2.24, 2.45) is 0 Å². The summed E-state index contributed by atoms with van der Waals surface area (Å²) in [5.74, 6) is -1.59. The molecule has 6 nitrogen and oxygen atoms in total. The Morgan fingerprint density at radius 3 is 2.70 bits per heavy atom. The standard InChI is InChI=1S/C14H12N4O2/c15-6-8-17-13(19)14(20)18-9-11-4-1-3-10-5-2-7-16-12(10)11/h1-5,7H,8-9H2,(H,17,19)(H,18,20). The maximum atomic E-state index is 11.5. The smallest absolute Gasteiger partial charge is 0.310 e. The number of carbonyl (C=O) groups excluding carboxylic acids is 2. The Morgan fingerprint density at radius 2 is 1.90 bits per heavy atom. The van der Waals surface area contributed by atoms with E-state index in [9.17, 15) is 9.59 Å². The molecule has 0 radical (unpaired) electrons. The van der Waals surface area contributed by atoms with Gasteiger partial charge in [-0.3, -0.25) is 14.6 Å². The van der Waals surface area contributed by atoms with Crippen LogP contribution in [0.2, 0.25) is 0 Å². The number of fused-ring (bicyclic) bond motifs is 1. The molecule has 0 unspecified atom stereocenters. The zero-order chi connectivity index (χ0) is 14.4. The summed E-state index contributed by atoms with van der Waals surface area (Å²) in [4.78, 5) is 27.1. The van der Waals surface area contributed by atoms with Gasteiger partial charge in [-0.2, -0.15) is 5.26 Å². The first-order valence-corrected chi connectivity index (χ1v) is 5.98. The van der Waals surface area contributed by atoms with E-state index in [0.717, 1.165) is 16.5 Å². The fraction of sp³-hybridized carbons (Fsp3) is 0.143. The number of benzene rings is 1. The third kappa shape index (κ3) is 3.09. The molecule has 0 atom stereocenters. The van der Waals surface area contributed by atoms with E-state index in [1.165, 1.54) is 0 Å². The van der Waals surface area contributed by atoms with E-state index in [1.54, 1.807) is 12.3 Å². The van der Waals surface area contributed by atoms with Gasteiger partial charge in [0.1, 0.15) is 6.54 Å². The highest BCUT2D eigenvalue weighted by Crippen LogP contribution is 2.15. The molecule has 100 valence electrons. The van der Waals surface area contributed by atoms with Crippen LogP contribution in [-0.4, -0.2) is 23.3 Å². The van der Waals surface area contributed by atoms with E-state index in [1.807, 2.05) is 30.3 Å². The summed E-state index contributed by atoms with van der Waals surface area (Å²) >= 11 is 0. The van der Waals surface area contributed by atoms with Crippen LogP contribution < -0.4 is 10.6 Å². The number of nitriles is 1. The molecule has 0 bridgehead atoms. The van der Waals surface area contributed by atoms with Gasteiger partial charge in [-0.15, -0.1) is 0 Å². The van der Waals surface area contributed by atoms with E-state index >= 15 is 0 Å². The molecule has 1 heterocycles. The zero-order valence-electron chi connectivity index (χ0n) is 10.6. The van der Waals surface area contributed by atoms with Crippen molar-refractivity contribution in [3.63, 3.8) is 0 Å². The molecule has 2 aromatic rings. The zero-order valence-corrected chi connectivity index (χ0v) is 10.6. The van der Waals surface area contributed by atoms with Gasteiger partial charge in [-0.05, 0) is 11.6 Å². The van der Waals surface area contributed by atoms with Crippen LogP contribution in [0.5, 0.6) is 0 Å². The lowest BCUT2D eigenvalue weighted by atomic mass is 10.1. The molecule has 0 spiro atoms. The summed E-state index contributed by atoms with van der Waals surface area (Å²) < 4.78 is 0. The van der Waals surface area contributed by atoms with E-state index in [-0.39, 0.29) is 13.1 Å². The summed E-state index contributed by atoms with van der Waals surface area (Å²) in [7, 11) is 0. The molecule has 6 heteroatoms.